The molecule has 0 saturated heterocycles. The van der Waals surface area contributed by atoms with E-state index in [2.05, 4.69) is 34.5 Å². The Labute approximate surface area is 184 Å². The molecule has 0 atom stereocenters. The third-order valence-corrected chi connectivity index (χ3v) is 5.53. The van der Waals surface area contributed by atoms with Crippen molar-refractivity contribution in [2.45, 2.75) is 26.3 Å². The van der Waals surface area contributed by atoms with Crippen LogP contribution in [-0.4, -0.2) is 20.7 Å². The van der Waals surface area contributed by atoms with Gasteiger partial charge >= 0.3 is 0 Å². The Hall–Kier alpha value is -3.58. The molecule has 4 aromatic rings. The summed E-state index contributed by atoms with van der Waals surface area (Å²) in [6.45, 7) is 1.98. The van der Waals surface area contributed by atoms with Gasteiger partial charge in [0.25, 0.3) is 5.56 Å². The third kappa shape index (κ3) is 5.13. The van der Waals surface area contributed by atoms with Gasteiger partial charge < -0.3 is 5.32 Å². The van der Waals surface area contributed by atoms with E-state index in [0.29, 0.717) is 10.8 Å². The predicted molar refractivity (Wildman–Crippen MR) is 124 cm³/mol. The monoisotopic (exact) mass is 430 g/mol. The Kier molecular flexibility index (Phi) is 6.33. The van der Waals surface area contributed by atoms with Crippen molar-refractivity contribution in [2.24, 2.45) is 0 Å². The smallest absolute Gasteiger partial charge is 0.267 e. The normalized spacial score (nSPS) is 10.7. The molecular weight excluding hydrogens is 408 g/mol. The fourth-order valence-corrected chi connectivity index (χ4v) is 3.95. The number of hydrogen-bond donors (Lipinski definition) is 1. The molecule has 0 aliphatic carbocycles. The van der Waals surface area contributed by atoms with Gasteiger partial charge in [0.05, 0.1) is 11.4 Å². The molecule has 0 aliphatic heterocycles. The molecule has 0 spiro atoms. The highest BCUT2D eigenvalue weighted by Crippen LogP contribution is 2.25. The molecule has 2 aromatic heterocycles. The topological polar surface area (TPSA) is 76.9 Å². The maximum atomic E-state index is 12.5. The zero-order valence-electron chi connectivity index (χ0n) is 17.1. The second-order valence-corrected chi connectivity index (χ2v) is 7.97. The summed E-state index contributed by atoms with van der Waals surface area (Å²) in [5, 5.41) is 9.49. The maximum absolute atomic E-state index is 12.5. The third-order valence-electron chi connectivity index (χ3n) is 4.77. The number of carbonyl (C=O) groups is 1. The minimum atomic E-state index is -0.348. The first-order chi connectivity index (χ1) is 15.1. The van der Waals surface area contributed by atoms with Gasteiger partial charge in [-0.15, -0.1) is 11.3 Å². The molecule has 31 heavy (non-hydrogen) atoms. The molecule has 0 saturated carbocycles. The van der Waals surface area contributed by atoms with Gasteiger partial charge in [0.15, 0.2) is 5.13 Å². The van der Waals surface area contributed by atoms with Crippen molar-refractivity contribution in [2.75, 3.05) is 5.32 Å². The minimum absolute atomic E-state index is 0.180. The van der Waals surface area contributed by atoms with Gasteiger partial charge in [-0.2, -0.15) is 5.10 Å². The first kappa shape index (κ1) is 20.7. The van der Waals surface area contributed by atoms with E-state index in [1.165, 1.54) is 27.6 Å². The second-order valence-electron chi connectivity index (χ2n) is 7.11. The minimum Gasteiger partial charge on any atom is -0.300 e. The summed E-state index contributed by atoms with van der Waals surface area (Å²) in [7, 11) is 0. The first-order valence-corrected chi connectivity index (χ1v) is 11.0. The van der Waals surface area contributed by atoms with Crippen LogP contribution < -0.4 is 10.9 Å². The number of hydrogen-bond acceptors (Lipinski definition) is 5. The lowest BCUT2D eigenvalue weighted by Gasteiger charge is -2.07. The van der Waals surface area contributed by atoms with Crippen LogP contribution in [0.4, 0.5) is 5.13 Å². The zero-order chi connectivity index (χ0) is 21.6. The summed E-state index contributed by atoms with van der Waals surface area (Å²) in [6, 6.07) is 20.9. The molecule has 6 nitrogen and oxygen atoms in total. The van der Waals surface area contributed by atoms with Crippen molar-refractivity contribution in [3.63, 3.8) is 0 Å². The number of anilines is 1. The van der Waals surface area contributed by atoms with Crippen molar-refractivity contribution in [1.29, 1.82) is 0 Å². The Morgan fingerprint density at radius 2 is 1.71 bits per heavy atom. The number of carbonyl (C=O) groups excluding carboxylic acids is 1. The van der Waals surface area contributed by atoms with Crippen LogP contribution in [0.15, 0.2) is 76.9 Å². The lowest BCUT2D eigenvalue weighted by molar-refractivity contribution is -0.117. The van der Waals surface area contributed by atoms with E-state index in [1.807, 2.05) is 47.8 Å². The second kappa shape index (κ2) is 9.49. The summed E-state index contributed by atoms with van der Waals surface area (Å²) in [4.78, 5) is 29.2. The Morgan fingerprint density at radius 1 is 0.968 bits per heavy atom. The molecule has 0 radical (unpaired) electrons. The number of thiazole rings is 1. The lowest BCUT2D eigenvalue weighted by Crippen LogP contribution is -2.29. The molecule has 2 aromatic carbocycles. The van der Waals surface area contributed by atoms with Crippen LogP contribution in [0, 0.1) is 0 Å². The molecular formula is C24H22N4O2S. The van der Waals surface area contributed by atoms with Crippen molar-refractivity contribution in [3.8, 4) is 22.5 Å². The van der Waals surface area contributed by atoms with Crippen LogP contribution in [0.2, 0.25) is 0 Å². The summed E-state index contributed by atoms with van der Waals surface area (Å²) >= 11 is 1.35. The van der Waals surface area contributed by atoms with Gasteiger partial charge in [-0.05, 0) is 18.1 Å². The molecule has 0 unspecified atom stereocenters. The van der Waals surface area contributed by atoms with Crippen molar-refractivity contribution in [1.82, 2.24) is 14.8 Å². The van der Waals surface area contributed by atoms with Gasteiger partial charge in [0, 0.05) is 22.6 Å². The van der Waals surface area contributed by atoms with E-state index in [-0.39, 0.29) is 18.0 Å². The van der Waals surface area contributed by atoms with Crippen molar-refractivity contribution < 1.29 is 4.79 Å². The van der Waals surface area contributed by atoms with Crippen LogP contribution >= 0.6 is 11.3 Å². The number of aromatic nitrogens is 3. The summed E-state index contributed by atoms with van der Waals surface area (Å²) < 4.78 is 1.17. The number of amides is 1. The Morgan fingerprint density at radius 3 is 2.45 bits per heavy atom. The maximum Gasteiger partial charge on any atom is 0.267 e. The average Bonchev–Trinajstić information content (AvgIpc) is 3.25. The Bertz CT molecular complexity index is 1230. The van der Waals surface area contributed by atoms with Crippen molar-refractivity contribution >= 4 is 22.4 Å². The highest BCUT2D eigenvalue weighted by Gasteiger charge is 2.11. The molecule has 7 heteroatoms. The van der Waals surface area contributed by atoms with Crippen LogP contribution in [-0.2, 0) is 17.8 Å². The number of aryl methyl sites for hydroxylation is 1. The van der Waals surface area contributed by atoms with Gasteiger partial charge in [0.1, 0.15) is 6.54 Å². The van der Waals surface area contributed by atoms with E-state index in [9.17, 15) is 9.59 Å². The summed E-state index contributed by atoms with van der Waals surface area (Å²) in [6.07, 6.45) is 2.16. The standard InChI is InChI=1S/C24H22N4O2S/c1-2-6-17-9-11-19(12-10-17)21-16-31-24(25-21)26-22(29)15-28-23(30)14-13-20(27-28)18-7-4-3-5-8-18/h3-5,7-14,16H,2,6,15H2,1H3,(H,25,26,29). The molecule has 156 valence electrons. The van der Waals surface area contributed by atoms with E-state index < -0.39 is 0 Å². The zero-order valence-corrected chi connectivity index (χ0v) is 17.9. The van der Waals surface area contributed by atoms with E-state index in [0.717, 1.165) is 29.7 Å². The summed E-state index contributed by atoms with van der Waals surface area (Å²) in [5.74, 6) is -0.348. The molecule has 0 bridgehead atoms. The van der Waals surface area contributed by atoms with Crippen LogP contribution in [0.1, 0.15) is 18.9 Å². The average molecular weight is 431 g/mol. The fourth-order valence-electron chi connectivity index (χ4n) is 3.21. The van der Waals surface area contributed by atoms with Crippen LogP contribution in [0.5, 0.6) is 0 Å². The van der Waals surface area contributed by atoms with Crippen LogP contribution in [0.25, 0.3) is 22.5 Å². The lowest BCUT2D eigenvalue weighted by atomic mass is 10.1. The van der Waals surface area contributed by atoms with E-state index >= 15 is 0 Å². The molecule has 4 rings (SSSR count). The number of nitrogens with one attached hydrogen (secondary N) is 1. The fraction of sp³-hybridized carbons (Fsp3) is 0.167. The molecule has 0 aliphatic rings. The Balaban J connectivity index is 1.44. The summed E-state index contributed by atoms with van der Waals surface area (Å²) in [5.41, 5.74) is 4.30. The van der Waals surface area contributed by atoms with Gasteiger partial charge in [-0.3, -0.25) is 9.59 Å². The highest BCUT2D eigenvalue weighted by atomic mass is 32.1. The molecule has 0 fully saturated rings. The van der Waals surface area contributed by atoms with E-state index in [4.69, 9.17) is 0 Å². The SMILES string of the molecule is CCCc1ccc(-c2csc(NC(=O)Cn3nc(-c4ccccc4)ccc3=O)n2)cc1. The highest BCUT2D eigenvalue weighted by molar-refractivity contribution is 7.14. The molecule has 1 amide bonds. The van der Waals surface area contributed by atoms with E-state index in [1.54, 1.807) is 6.07 Å². The molecule has 2 heterocycles. The predicted octanol–water partition coefficient (Wildman–Crippen LogP) is 4.63. The number of benzene rings is 2. The van der Waals surface area contributed by atoms with Gasteiger partial charge in [0.2, 0.25) is 5.91 Å². The quantitative estimate of drug-likeness (QED) is 0.464. The van der Waals surface area contributed by atoms with Gasteiger partial charge in [-0.25, -0.2) is 9.67 Å². The largest absolute Gasteiger partial charge is 0.300 e. The van der Waals surface area contributed by atoms with Crippen molar-refractivity contribution in [3.05, 3.63) is 88.0 Å². The molecule has 1 N–H and O–H groups in total. The van der Waals surface area contributed by atoms with Gasteiger partial charge in [-0.1, -0.05) is 67.9 Å². The van der Waals surface area contributed by atoms with Crippen LogP contribution in [0.3, 0.4) is 0 Å². The first-order valence-electron chi connectivity index (χ1n) is 10.1. The number of nitrogens with zero attached hydrogens (tertiary/aromatic N) is 3. The number of rotatable bonds is 7.